The van der Waals surface area contributed by atoms with E-state index in [4.69, 9.17) is 4.74 Å². The van der Waals surface area contributed by atoms with Gasteiger partial charge in [0.25, 0.3) is 5.91 Å². The maximum absolute atomic E-state index is 14.7. The summed E-state index contributed by atoms with van der Waals surface area (Å²) >= 11 is 0. The molecular formula is C19H20F4N4O4. The fourth-order valence-corrected chi connectivity index (χ4v) is 2.92. The average molecular weight is 444 g/mol. The van der Waals surface area contributed by atoms with E-state index in [1.54, 1.807) is 7.05 Å². The summed E-state index contributed by atoms with van der Waals surface area (Å²) < 4.78 is 62.0. The number of carbonyl (C=O) groups is 2. The summed E-state index contributed by atoms with van der Waals surface area (Å²) in [4.78, 5) is 31.2. The molecule has 2 aromatic rings. The number of morpholine rings is 1. The van der Waals surface area contributed by atoms with Gasteiger partial charge in [-0.25, -0.2) is 4.39 Å². The molecule has 1 atom stereocenters. The Bertz CT molecular complexity index is 1000. The SMILES string of the molecule is CN(C(=O)[C@@H]1COCC(=O)N1c1ccc(-c2noc(C(F)(F)F)n2)c(F)c1)C(C)(C)C. The van der Waals surface area contributed by atoms with Gasteiger partial charge in [-0.1, -0.05) is 5.16 Å². The molecule has 8 nitrogen and oxygen atoms in total. The van der Waals surface area contributed by atoms with E-state index < -0.39 is 47.1 Å². The highest BCUT2D eigenvalue weighted by Gasteiger charge is 2.40. The molecular weight excluding hydrogens is 424 g/mol. The molecule has 0 aliphatic carbocycles. The number of halogens is 4. The maximum atomic E-state index is 14.7. The van der Waals surface area contributed by atoms with Gasteiger partial charge in [-0.3, -0.25) is 14.5 Å². The van der Waals surface area contributed by atoms with E-state index in [1.165, 1.54) is 11.0 Å². The number of benzene rings is 1. The van der Waals surface area contributed by atoms with Crippen molar-refractivity contribution in [3.63, 3.8) is 0 Å². The van der Waals surface area contributed by atoms with Crippen molar-refractivity contribution in [2.24, 2.45) is 0 Å². The summed E-state index contributed by atoms with van der Waals surface area (Å²) in [5.74, 6) is -4.15. The van der Waals surface area contributed by atoms with Gasteiger partial charge in [0, 0.05) is 18.3 Å². The molecule has 0 saturated carbocycles. The molecule has 1 saturated heterocycles. The fourth-order valence-electron chi connectivity index (χ4n) is 2.92. The molecule has 0 N–H and O–H groups in total. The van der Waals surface area contributed by atoms with Crippen molar-refractivity contribution in [1.82, 2.24) is 15.0 Å². The summed E-state index contributed by atoms with van der Waals surface area (Å²) in [6.45, 7) is 5.06. The van der Waals surface area contributed by atoms with Crippen LogP contribution in [-0.4, -0.2) is 58.7 Å². The lowest BCUT2D eigenvalue weighted by atomic mass is 10.0. The van der Waals surface area contributed by atoms with E-state index in [1.807, 2.05) is 20.8 Å². The first-order valence-corrected chi connectivity index (χ1v) is 9.19. The molecule has 0 bridgehead atoms. The predicted molar refractivity (Wildman–Crippen MR) is 99.3 cm³/mol. The van der Waals surface area contributed by atoms with E-state index in [0.29, 0.717) is 0 Å². The van der Waals surface area contributed by atoms with Crippen molar-refractivity contribution in [3.8, 4) is 11.4 Å². The first-order chi connectivity index (χ1) is 14.3. The Hall–Kier alpha value is -3.02. The lowest BCUT2D eigenvalue weighted by Gasteiger charge is -2.40. The van der Waals surface area contributed by atoms with Gasteiger partial charge < -0.3 is 14.2 Å². The zero-order valence-corrected chi connectivity index (χ0v) is 17.2. The first kappa shape index (κ1) is 22.7. The van der Waals surface area contributed by atoms with Crippen LogP contribution in [0, 0.1) is 5.82 Å². The minimum Gasteiger partial charge on any atom is -0.369 e. The normalized spacial score (nSPS) is 17.7. The summed E-state index contributed by atoms with van der Waals surface area (Å²) in [5, 5.41) is 3.16. The van der Waals surface area contributed by atoms with Crippen LogP contribution in [-0.2, 0) is 20.5 Å². The predicted octanol–water partition coefficient (Wildman–Crippen LogP) is 2.88. The molecule has 168 valence electrons. The molecule has 3 rings (SSSR count). The second-order valence-electron chi connectivity index (χ2n) is 7.95. The van der Waals surface area contributed by atoms with Crippen LogP contribution in [0.25, 0.3) is 11.4 Å². The molecule has 0 unspecified atom stereocenters. The number of anilines is 1. The van der Waals surface area contributed by atoms with Crippen LogP contribution in [0.3, 0.4) is 0 Å². The molecule has 31 heavy (non-hydrogen) atoms. The van der Waals surface area contributed by atoms with Crippen molar-refractivity contribution < 1.29 is 36.4 Å². The lowest BCUT2D eigenvalue weighted by Crippen LogP contribution is -2.59. The minimum absolute atomic E-state index is 0.0507. The third-order valence-electron chi connectivity index (χ3n) is 4.84. The van der Waals surface area contributed by atoms with Gasteiger partial charge in [-0.05, 0) is 39.0 Å². The Kier molecular flexibility index (Phi) is 5.78. The maximum Gasteiger partial charge on any atom is 0.471 e. The molecule has 0 spiro atoms. The molecule has 12 heteroatoms. The quantitative estimate of drug-likeness (QED) is 0.677. The third-order valence-corrected chi connectivity index (χ3v) is 4.84. The highest BCUT2D eigenvalue weighted by Crippen LogP contribution is 2.32. The van der Waals surface area contributed by atoms with Crippen LogP contribution >= 0.6 is 0 Å². The summed E-state index contributed by atoms with van der Waals surface area (Å²) in [6.07, 6.45) is -4.87. The van der Waals surface area contributed by atoms with E-state index >= 15 is 0 Å². The summed E-state index contributed by atoms with van der Waals surface area (Å²) in [7, 11) is 1.58. The molecule has 0 radical (unpaired) electrons. The highest BCUT2D eigenvalue weighted by molar-refractivity contribution is 6.02. The number of hydrogen-bond donors (Lipinski definition) is 0. The Morgan fingerprint density at radius 3 is 2.48 bits per heavy atom. The Labute approximate surface area is 174 Å². The van der Waals surface area contributed by atoms with Crippen molar-refractivity contribution in [3.05, 3.63) is 29.9 Å². The van der Waals surface area contributed by atoms with Gasteiger partial charge >= 0.3 is 12.1 Å². The van der Waals surface area contributed by atoms with E-state index in [0.717, 1.165) is 17.0 Å². The molecule has 2 heterocycles. The Morgan fingerprint density at radius 2 is 1.94 bits per heavy atom. The van der Waals surface area contributed by atoms with E-state index in [9.17, 15) is 27.2 Å². The van der Waals surface area contributed by atoms with Gasteiger partial charge in [0.1, 0.15) is 18.5 Å². The highest BCUT2D eigenvalue weighted by atomic mass is 19.4. The number of alkyl halides is 3. The van der Waals surface area contributed by atoms with Crippen LogP contribution in [0.15, 0.2) is 22.7 Å². The largest absolute Gasteiger partial charge is 0.471 e. The van der Waals surface area contributed by atoms with Crippen LogP contribution in [0.2, 0.25) is 0 Å². The number of likely N-dealkylation sites (N-methyl/N-ethyl adjacent to an activating group) is 1. The van der Waals surface area contributed by atoms with Crippen LogP contribution in [0.4, 0.5) is 23.2 Å². The summed E-state index contributed by atoms with van der Waals surface area (Å²) in [6, 6.07) is 2.31. The number of carbonyl (C=O) groups excluding carboxylic acids is 2. The zero-order valence-electron chi connectivity index (χ0n) is 17.2. The molecule has 1 aromatic heterocycles. The van der Waals surface area contributed by atoms with Gasteiger partial charge in [0.05, 0.1) is 12.2 Å². The van der Waals surface area contributed by atoms with Gasteiger partial charge in [0.15, 0.2) is 0 Å². The average Bonchev–Trinajstić information content (AvgIpc) is 3.16. The van der Waals surface area contributed by atoms with Crippen molar-refractivity contribution >= 4 is 17.5 Å². The fraction of sp³-hybridized carbons (Fsp3) is 0.474. The van der Waals surface area contributed by atoms with Gasteiger partial charge in [-0.2, -0.15) is 18.2 Å². The second-order valence-corrected chi connectivity index (χ2v) is 7.95. The monoisotopic (exact) mass is 444 g/mol. The smallest absolute Gasteiger partial charge is 0.369 e. The number of aromatic nitrogens is 2. The molecule has 1 aromatic carbocycles. The summed E-state index contributed by atoms with van der Waals surface area (Å²) in [5.41, 5.74) is -0.833. The van der Waals surface area contributed by atoms with Crippen molar-refractivity contribution in [2.45, 2.75) is 38.5 Å². The van der Waals surface area contributed by atoms with Crippen molar-refractivity contribution in [1.29, 1.82) is 0 Å². The lowest BCUT2D eigenvalue weighted by molar-refractivity contribution is -0.159. The topological polar surface area (TPSA) is 88.8 Å². The minimum atomic E-state index is -4.87. The van der Waals surface area contributed by atoms with Crippen LogP contribution in [0.1, 0.15) is 26.7 Å². The van der Waals surface area contributed by atoms with Crippen LogP contribution in [0.5, 0.6) is 0 Å². The van der Waals surface area contributed by atoms with E-state index in [-0.39, 0.29) is 24.5 Å². The Morgan fingerprint density at radius 1 is 1.26 bits per heavy atom. The second kappa shape index (κ2) is 7.91. The Balaban J connectivity index is 1.94. The number of hydrogen-bond acceptors (Lipinski definition) is 6. The number of rotatable bonds is 3. The van der Waals surface area contributed by atoms with E-state index in [2.05, 4.69) is 14.7 Å². The zero-order chi connectivity index (χ0) is 23.1. The number of nitrogens with zero attached hydrogens (tertiary/aromatic N) is 4. The van der Waals surface area contributed by atoms with Crippen LogP contribution < -0.4 is 4.90 Å². The van der Waals surface area contributed by atoms with Gasteiger partial charge in [-0.15, -0.1) is 0 Å². The van der Waals surface area contributed by atoms with Gasteiger partial charge in [0.2, 0.25) is 11.7 Å². The van der Waals surface area contributed by atoms with Crippen molar-refractivity contribution in [2.75, 3.05) is 25.2 Å². The third kappa shape index (κ3) is 4.53. The molecule has 2 amide bonds. The number of ether oxygens (including phenoxy) is 1. The number of amides is 2. The standard InChI is InChI=1S/C19H20F4N4O4/c1-18(2,3)26(4)16(29)13-8-30-9-14(28)27(13)10-5-6-11(12(20)7-10)15-24-17(31-25-15)19(21,22)23/h5-7,13H,8-9H2,1-4H3/t13-/m0/s1. The first-order valence-electron chi connectivity index (χ1n) is 9.19. The molecule has 1 fully saturated rings. The molecule has 1 aliphatic heterocycles. The molecule has 1 aliphatic rings.